The number of nitro groups is 1. The van der Waals surface area contributed by atoms with E-state index in [0.717, 1.165) is 32.4 Å². The van der Waals surface area contributed by atoms with Crippen molar-refractivity contribution in [2.75, 3.05) is 13.1 Å². The number of piperidine rings is 1. The van der Waals surface area contributed by atoms with Crippen LogP contribution in [0.3, 0.4) is 0 Å². The van der Waals surface area contributed by atoms with Gasteiger partial charge in [-0.25, -0.2) is 0 Å². The van der Waals surface area contributed by atoms with E-state index in [2.05, 4.69) is 5.10 Å². The summed E-state index contributed by atoms with van der Waals surface area (Å²) in [5.74, 6) is -0.101. The molecule has 22 heavy (non-hydrogen) atoms. The fraction of sp³-hybridized carbons (Fsp3) is 0.385. The van der Waals surface area contributed by atoms with Gasteiger partial charge >= 0.3 is 0 Å². The van der Waals surface area contributed by atoms with Crippen LogP contribution in [0, 0.1) is 10.1 Å². The van der Waals surface area contributed by atoms with E-state index >= 15 is 0 Å². The lowest BCUT2D eigenvalue weighted by Gasteiger charge is -2.33. The largest absolute Gasteiger partial charge is 0.507 e. The minimum Gasteiger partial charge on any atom is -0.507 e. The highest BCUT2D eigenvalue weighted by Crippen LogP contribution is 2.21. The van der Waals surface area contributed by atoms with E-state index in [1.807, 2.05) is 5.01 Å². The summed E-state index contributed by atoms with van der Waals surface area (Å²) in [6, 6.07) is 3.72. The van der Waals surface area contributed by atoms with Crippen LogP contribution >= 0.6 is 12.2 Å². The van der Waals surface area contributed by atoms with Gasteiger partial charge in [-0.3, -0.25) is 10.1 Å². The topological polar surface area (TPSA) is 108 Å². The van der Waals surface area contributed by atoms with Crippen LogP contribution in [0.1, 0.15) is 24.8 Å². The van der Waals surface area contributed by atoms with Crippen LogP contribution in [-0.4, -0.2) is 44.6 Å². The molecule has 1 saturated heterocycles. The molecule has 0 amide bonds. The van der Waals surface area contributed by atoms with Crippen molar-refractivity contribution in [2.45, 2.75) is 19.3 Å². The minimum absolute atomic E-state index is 0.0862. The molecule has 0 spiro atoms. The molecule has 0 unspecified atom stereocenters. The van der Waals surface area contributed by atoms with Crippen molar-refractivity contribution in [1.29, 1.82) is 0 Å². The molecule has 0 bridgehead atoms. The number of nitrogens with zero attached hydrogens (tertiary/aromatic N) is 4. The number of benzene rings is 1. The van der Waals surface area contributed by atoms with Crippen molar-refractivity contribution >= 4 is 29.2 Å². The Morgan fingerprint density at radius 2 is 2.14 bits per heavy atom. The van der Waals surface area contributed by atoms with Crippen molar-refractivity contribution in [3.05, 3.63) is 33.9 Å². The second-order valence-electron chi connectivity index (χ2n) is 4.89. The van der Waals surface area contributed by atoms with Crippen LogP contribution in [0.2, 0.25) is 0 Å². The van der Waals surface area contributed by atoms with E-state index in [-0.39, 0.29) is 22.1 Å². The molecular formula is C13H17N5O3S. The summed E-state index contributed by atoms with van der Waals surface area (Å²) < 4.78 is 0. The molecule has 0 aromatic heterocycles. The lowest BCUT2D eigenvalue weighted by molar-refractivity contribution is -0.384. The average molecular weight is 323 g/mol. The van der Waals surface area contributed by atoms with E-state index in [0.29, 0.717) is 0 Å². The Kier molecular flexibility index (Phi) is 5.23. The number of phenolic OH excluding ortho intramolecular Hbond substituents is 1. The third kappa shape index (κ3) is 3.89. The zero-order valence-corrected chi connectivity index (χ0v) is 12.7. The van der Waals surface area contributed by atoms with Gasteiger partial charge in [-0.15, -0.1) is 0 Å². The van der Waals surface area contributed by atoms with Crippen LogP contribution in [0.25, 0.3) is 0 Å². The van der Waals surface area contributed by atoms with Gasteiger partial charge in [0.05, 0.1) is 11.1 Å². The molecule has 1 aliphatic heterocycles. The second kappa shape index (κ2) is 7.14. The molecule has 118 valence electrons. The van der Waals surface area contributed by atoms with Crippen LogP contribution in [0.15, 0.2) is 23.3 Å². The van der Waals surface area contributed by atoms with E-state index in [9.17, 15) is 15.2 Å². The summed E-state index contributed by atoms with van der Waals surface area (Å²) in [6.45, 7) is 1.57. The molecule has 1 fully saturated rings. The third-order valence-corrected chi connectivity index (χ3v) is 3.49. The van der Waals surface area contributed by atoms with Crippen LogP contribution < -0.4 is 5.73 Å². The number of hydrazine groups is 1. The summed E-state index contributed by atoms with van der Waals surface area (Å²) in [6.07, 6.45) is 4.51. The molecule has 0 radical (unpaired) electrons. The monoisotopic (exact) mass is 323 g/mol. The first-order chi connectivity index (χ1) is 10.5. The zero-order chi connectivity index (χ0) is 16.1. The molecular weight excluding hydrogens is 306 g/mol. The van der Waals surface area contributed by atoms with Gasteiger partial charge in [-0.2, -0.15) is 15.2 Å². The van der Waals surface area contributed by atoms with Crippen molar-refractivity contribution < 1.29 is 10.0 Å². The van der Waals surface area contributed by atoms with Gasteiger partial charge in [0, 0.05) is 30.8 Å². The molecule has 0 saturated carbocycles. The molecule has 8 nitrogen and oxygen atoms in total. The Hall–Kier alpha value is -2.26. The Balaban J connectivity index is 2.22. The molecule has 1 aliphatic rings. The number of non-ortho nitro benzene ring substituents is 1. The standard InChI is InChI=1S/C13H17N5O3S/c14-13(22)17(16-6-2-1-3-7-16)15-9-10-8-11(18(20)21)4-5-12(10)19/h4-5,8-9,19H,1-3,6-7H2,(H2,14,22). The van der Waals surface area contributed by atoms with Gasteiger partial charge in [0.2, 0.25) is 5.11 Å². The van der Waals surface area contributed by atoms with Gasteiger partial charge in [0.15, 0.2) is 0 Å². The van der Waals surface area contributed by atoms with Crippen molar-refractivity contribution in [2.24, 2.45) is 10.8 Å². The number of thiocarbonyl (C=S) groups is 1. The maximum atomic E-state index is 10.8. The second-order valence-corrected chi connectivity index (χ2v) is 5.31. The predicted molar refractivity (Wildman–Crippen MR) is 86.4 cm³/mol. The van der Waals surface area contributed by atoms with Gasteiger partial charge in [-0.05, 0) is 31.1 Å². The highest BCUT2D eigenvalue weighted by Gasteiger charge is 2.18. The highest BCUT2D eigenvalue weighted by molar-refractivity contribution is 7.80. The van der Waals surface area contributed by atoms with Crippen LogP contribution in [0.5, 0.6) is 5.75 Å². The molecule has 0 atom stereocenters. The highest BCUT2D eigenvalue weighted by atomic mass is 32.1. The fourth-order valence-corrected chi connectivity index (χ4v) is 2.37. The quantitative estimate of drug-likeness (QED) is 0.375. The lowest BCUT2D eigenvalue weighted by Crippen LogP contribution is -2.48. The maximum Gasteiger partial charge on any atom is 0.270 e. The molecule has 1 heterocycles. The molecule has 3 N–H and O–H groups in total. The minimum atomic E-state index is -0.535. The van der Waals surface area contributed by atoms with Gasteiger partial charge < -0.3 is 10.8 Å². The molecule has 1 aromatic rings. The average Bonchev–Trinajstić information content (AvgIpc) is 2.49. The smallest absolute Gasteiger partial charge is 0.270 e. The number of hydrazone groups is 1. The van der Waals surface area contributed by atoms with Crippen LogP contribution in [-0.2, 0) is 0 Å². The number of nitro benzene ring substituents is 1. The molecule has 0 aliphatic carbocycles. The van der Waals surface area contributed by atoms with E-state index in [1.165, 1.54) is 29.5 Å². The number of hydrogen-bond donors (Lipinski definition) is 2. The number of aromatic hydroxyl groups is 1. The normalized spacial score (nSPS) is 15.8. The van der Waals surface area contributed by atoms with Crippen molar-refractivity contribution in [1.82, 2.24) is 10.1 Å². The Morgan fingerprint density at radius 1 is 1.45 bits per heavy atom. The Bertz CT molecular complexity index is 601. The predicted octanol–water partition coefficient (Wildman–Crippen LogP) is 1.58. The number of rotatable bonds is 4. The molecule has 9 heteroatoms. The summed E-state index contributed by atoms with van der Waals surface area (Å²) >= 11 is 4.99. The van der Waals surface area contributed by atoms with Gasteiger partial charge in [0.1, 0.15) is 5.75 Å². The van der Waals surface area contributed by atoms with Gasteiger partial charge in [0.25, 0.3) is 5.69 Å². The summed E-state index contributed by atoms with van der Waals surface area (Å²) in [5, 5.41) is 28.1. The first-order valence-corrected chi connectivity index (χ1v) is 7.25. The Morgan fingerprint density at radius 3 is 2.73 bits per heavy atom. The maximum absolute atomic E-state index is 10.8. The third-order valence-electron chi connectivity index (χ3n) is 3.33. The summed E-state index contributed by atoms with van der Waals surface area (Å²) in [4.78, 5) is 10.2. The first kappa shape index (κ1) is 16.1. The van der Waals surface area contributed by atoms with Gasteiger partial charge in [-0.1, -0.05) is 6.42 Å². The van der Waals surface area contributed by atoms with Crippen molar-refractivity contribution in [3.63, 3.8) is 0 Å². The first-order valence-electron chi connectivity index (χ1n) is 6.85. The fourth-order valence-electron chi connectivity index (χ4n) is 2.21. The van der Waals surface area contributed by atoms with E-state index in [4.69, 9.17) is 18.0 Å². The van der Waals surface area contributed by atoms with Crippen molar-refractivity contribution in [3.8, 4) is 5.75 Å². The summed E-state index contributed by atoms with van der Waals surface area (Å²) in [7, 11) is 0. The number of nitrogens with two attached hydrogens (primary N) is 1. The summed E-state index contributed by atoms with van der Waals surface area (Å²) in [5.41, 5.74) is 5.78. The van der Waals surface area contributed by atoms with E-state index in [1.54, 1.807) is 0 Å². The Labute approximate surface area is 132 Å². The molecule has 2 rings (SSSR count). The SMILES string of the molecule is NC(=S)N(N=Cc1cc([N+](=O)[O-])ccc1O)N1CCCCC1. The number of phenols is 1. The van der Waals surface area contributed by atoms with E-state index < -0.39 is 4.92 Å². The lowest BCUT2D eigenvalue weighted by atomic mass is 10.2. The zero-order valence-electron chi connectivity index (χ0n) is 11.9. The number of hydrogen-bond acceptors (Lipinski definition) is 6. The van der Waals surface area contributed by atoms with Crippen LogP contribution in [0.4, 0.5) is 5.69 Å². The molecule has 1 aromatic carbocycles.